The van der Waals surface area contributed by atoms with Gasteiger partial charge in [0, 0.05) is 10.9 Å². The second-order valence-electron chi connectivity index (χ2n) is 5.52. The molecule has 1 heterocycles. The number of rotatable bonds is 5. The van der Waals surface area contributed by atoms with Crippen LogP contribution in [-0.4, -0.2) is 18.1 Å². The summed E-state index contributed by atoms with van der Waals surface area (Å²) in [7, 11) is 1.48. The monoisotopic (exact) mass is 393 g/mol. The number of carbonyl (C=O) groups excluding carboxylic acids is 1. The molecule has 0 N–H and O–H groups in total. The molecule has 0 atom stereocenters. The van der Waals surface area contributed by atoms with Crippen molar-refractivity contribution in [3.8, 4) is 22.1 Å². The molecule has 1 aromatic heterocycles. The molecular weight excluding hydrogens is 379 g/mol. The zero-order valence-corrected chi connectivity index (χ0v) is 14.9. The van der Waals surface area contributed by atoms with Crippen LogP contribution in [0.25, 0.3) is 10.6 Å². The van der Waals surface area contributed by atoms with Crippen molar-refractivity contribution >= 4 is 17.3 Å². The Kier molecular flexibility index (Phi) is 5.46. The van der Waals surface area contributed by atoms with Crippen LogP contribution in [0.2, 0.25) is 0 Å². The summed E-state index contributed by atoms with van der Waals surface area (Å²) >= 11 is 1.25. The normalized spacial score (nSPS) is 11.3. The Morgan fingerprint density at radius 3 is 2.37 bits per heavy atom. The molecule has 0 bridgehead atoms. The second kappa shape index (κ2) is 7.79. The van der Waals surface area contributed by atoms with Gasteiger partial charge in [-0.15, -0.1) is 11.3 Å². The Morgan fingerprint density at radius 1 is 1.07 bits per heavy atom. The number of alkyl halides is 3. The number of nitrogens with zero attached hydrogens (tertiary/aromatic N) is 1. The van der Waals surface area contributed by atoms with E-state index < -0.39 is 17.7 Å². The number of para-hydroxylation sites is 2. The molecule has 27 heavy (non-hydrogen) atoms. The SMILES string of the molecule is COc1ccccc1OC(=O)Cc1csc(-c2ccc(C(F)(F)F)cc2)n1. The minimum Gasteiger partial charge on any atom is -0.493 e. The van der Waals surface area contributed by atoms with E-state index >= 15 is 0 Å². The van der Waals surface area contributed by atoms with Gasteiger partial charge >= 0.3 is 12.1 Å². The van der Waals surface area contributed by atoms with Crippen LogP contribution in [0.1, 0.15) is 11.3 Å². The summed E-state index contributed by atoms with van der Waals surface area (Å²) < 4.78 is 48.3. The van der Waals surface area contributed by atoms with Gasteiger partial charge in [0.2, 0.25) is 0 Å². The van der Waals surface area contributed by atoms with Gasteiger partial charge < -0.3 is 9.47 Å². The largest absolute Gasteiger partial charge is 0.493 e. The Balaban J connectivity index is 1.68. The summed E-state index contributed by atoms with van der Waals surface area (Å²) in [6, 6.07) is 11.5. The van der Waals surface area contributed by atoms with Gasteiger partial charge in [0.25, 0.3) is 0 Å². The van der Waals surface area contributed by atoms with E-state index in [1.54, 1.807) is 29.6 Å². The third kappa shape index (κ3) is 4.65. The van der Waals surface area contributed by atoms with Gasteiger partial charge in [-0.05, 0) is 24.3 Å². The minimum absolute atomic E-state index is 0.0603. The number of thiazole rings is 1. The molecule has 0 unspecified atom stereocenters. The van der Waals surface area contributed by atoms with Crippen LogP contribution in [-0.2, 0) is 17.4 Å². The molecule has 3 aromatic rings. The van der Waals surface area contributed by atoms with E-state index in [9.17, 15) is 18.0 Å². The number of carbonyl (C=O) groups is 1. The van der Waals surface area contributed by atoms with Gasteiger partial charge in [0.05, 0.1) is 24.8 Å². The molecule has 0 aliphatic carbocycles. The first-order valence-corrected chi connectivity index (χ1v) is 8.70. The molecule has 140 valence electrons. The van der Waals surface area contributed by atoms with Crippen LogP contribution in [0.3, 0.4) is 0 Å². The Labute approximate surface area is 157 Å². The fourth-order valence-electron chi connectivity index (χ4n) is 2.33. The molecular formula is C19H14F3NO3S. The van der Waals surface area contributed by atoms with Crippen LogP contribution in [0.15, 0.2) is 53.9 Å². The first-order chi connectivity index (χ1) is 12.9. The number of hydrogen-bond acceptors (Lipinski definition) is 5. The summed E-state index contributed by atoms with van der Waals surface area (Å²) in [6.07, 6.45) is -4.44. The Morgan fingerprint density at radius 2 is 1.74 bits per heavy atom. The highest BCUT2D eigenvalue weighted by atomic mass is 32.1. The highest BCUT2D eigenvalue weighted by Gasteiger charge is 2.30. The number of hydrogen-bond donors (Lipinski definition) is 0. The quantitative estimate of drug-likeness (QED) is 0.453. The van der Waals surface area contributed by atoms with Crippen LogP contribution in [0.4, 0.5) is 13.2 Å². The van der Waals surface area contributed by atoms with Gasteiger partial charge in [-0.25, -0.2) is 4.98 Å². The van der Waals surface area contributed by atoms with E-state index in [4.69, 9.17) is 9.47 Å². The molecule has 0 amide bonds. The zero-order valence-electron chi connectivity index (χ0n) is 14.1. The molecule has 0 radical (unpaired) electrons. The van der Waals surface area contributed by atoms with Crippen LogP contribution in [0.5, 0.6) is 11.5 Å². The maximum Gasteiger partial charge on any atom is 0.416 e. The fraction of sp³-hybridized carbons (Fsp3) is 0.158. The Bertz CT molecular complexity index is 936. The second-order valence-corrected chi connectivity index (χ2v) is 6.38. The molecule has 3 rings (SSSR count). The first kappa shape index (κ1) is 18.9. The van der Waals surface area contributed by atoms with Crippen molar-refractivity contribution < 1.29 is 27.4 Å². The predicted molar refractivity (Wildman–Crippen MR) is 94.9 cm³/mol. The van der Waals surface area contributed by atoms with Crippen molar-refractivity contribution in [2.75, 3.05) is 7.11 Å². The molecule has 0 saturated heterocycles. The number of benzene rings is 2. The standard InChI is InChI=1S/C19H14F3NO3S/c1-25-15-4-2-3-5-16(15)26-17(24)10-14-11-27-18(23-14)12-6-8-13(9-7-12)19(20,21)22/h2-9,11H,10H2,1H3. The maximum absolute atomic E-state index is 12.6. The fourth-order valence-corrected chi connectivity index (χ4v) is 3.16. The van der Waals surface area contributed by atoms with Gasteiger partial charge in [-0.3, -0.25) is 4.79 Å². The van der Waals surface area contributed by atoms with Crippen molar-refractivity contribution in [3.63, 3.8) is 0 Å². The van der Waals surface area contributed by atoms with E-state index in [1.807, 2.05) is 0 Å². The van der Waals surface area contributed by atoms with Crippen molar-refractivity contribution in [1.29, 1.82) is 0 Å². The lowest BCUT2D eigenvalue weighted by Gasteiger charge is -2.08. The van der Waals surface area contributed by atoms with Gasteiger partial charge in [0.1, 0.15) is 5.01 Å². The molecule has 0 aliphatic rings. The van der Waals surface area contributed by atoms with Gasteiger partial charge in [-0.1, -0.05) is 24.3 Å². The van der Waals surface area contributed by atoms with Crippen molar-refractivity contribution in [2.24, 2.45) is 0 Å². The van der Waals surface area contributed by atoms with Crippen LogP contribution in [0, 0.1) is 0 Å². The van der Waals surface area contributed by atoms with E-state index in [-0.39, 0.29) is 6.42 Å². The number of methoxy groups -OCH3 is 1. The third-order valence-corrected chi connectivity index (χ3v) is 4.57. The lowest BCUT2D eigenvalue weighted by molar-refractivity contribution is -0.137. The maximum atomic E-state index is 12.6. The lowest BCUT2D eigenvalue weighted by Crippen LogP contribution is -2.12. The third-order valence-electron chi connectivity index (χ3n) is 3.63. The summed E-state index contributed by atoms with van der Waals surface area (Å²) in [6.45, 7) is 0. The van der Waals surface area contributed by atoms with Crippen molar-refractivity contribution in [2.45, 2.75) is 12.6 Å². The lowest BCUT2D eigenvalue weighted by atomic mass is 10.1. The average molecular weight is 393 g/mol. The number of esters is 1. The molecule has 2 aromatic carbocycles. The number of halogens is 3. The van der Waals surface area contributed by atoms with E-state index in [0.29, 0.717) is 27.8 Å². The molecule has 0 spiro atoms. The molecule has 0 aliphatic heterocycles. The smallest absolute Gasteiger partial charge is 0.416 e. The molecule has 8 heteroatoms. The number of ether oxygens (including phenoxy) is 2. The summed E-state index contributed by atoms with van der Waals surface area (Å²) in [5, 5.41) is 2.21. The van der Waals surface area contributed by atoms with E-state index in [0.717, 1.165) is 12.1 Å². The summed E-state index contributed by atoms with van der Waals surface area (Å²) in [5.74, 6) is 0.238. The van der Waals surface area contributed by atoms with Gasteiger partial charge in [-0.2, -0.15) is 13.2 Å². The highest BCUT2D eigenvalue weighted by Crippen LogP contribution is 2.32. The Hall–Kier alpha value is -2.87. The van der Waals surface area contributed by atoms with Crippen molar-refractivity contribution in [3.05, 3.63) is 65.2 Å². The number of aromatic nitrogens is 1. The van der Waals surface area contributed by atoms with E-state index in [1.165, 1.54) is 30.6 Å². The molecule has 0 saturated carbocycles. The minimum atomic E-state index is -4.38. The predicted octanol–water partition coefficient (Wildman–Crippen LogP) is 4.99. The van der Waals surface area contributed by atoms with Crippen molar-refractivity contribution in [1.82, 2.24) is 4.98 Å². The van der Waals surface area contributed by atoms with E-state index in [2.05, 4.69) is 4.98 Å². The van der Waals surface area contributed by atoms with Crippen LogP contribution < -0.4 is 9.47 Å². The van der Waals surface area contributed by atoms with Crippen LogP contribution >= 0.6 is 11.3 Å². The molecule has 4 nitrogen and oxygen atoms in total. The zero-order chi connectivity index (χ0) is 19.4. The summed E-state index contributed by atoms with van der Waals surface area (Å²) in [4.78, 5) is 16.4. The first-order valence-electron chi connectivity index (χ1n) is 7.82. The molecule has 0 fully saturated rings. The average Bonchev–Trinajstić information content (AvgIpc) is 3.10. The van der Waals surface area contributed by atoms with Gasteiger partial charge in [0.15, 0.2) is 11.5 Å². The highest BCUT2D eigenvalue weighted by molar-refractivity contribution is 7.13. The summed E-state index contributed by atoms with van der Waals surface area (Å²) in [5.41, 5.74) is 0.315. The topological polar surface area (TPSA) is 48.4 Å².